The molecule has 28 heavy (non-hydrogen) atoms. The molecule has 8 heteroatoms. The minimum Gasteiger partial charge on any atom is -0.302 e. The number of hydrogen-bond donors (Lipinski definition) is 1. The maximum atomic E-state index is 12.3. The number of benzene rings is 2. The highest BCUT2D eigenvalue weighted by Crippen LogP contribution is 2.26. The molecule has 1 aromatic heterocycles. The summed E-state index contributed by atoms with van der Waals surface area (Å²) < 4.78 is 24.3. The Labute approximate surface area is 173 Å². The normalized spacial score (nSPS) is 11.6. The van der Waals surface area contributed by atoms with E-state index < -0.39 is 15.1 Å². The van der Waals surface area contributed by atoms with Crippen molar-refractivity contribution in [2.45, 2.75) is 30.4 Å². The average Bonchev–Trinajstić information content (AvgIpc) is 3.11. The van der Waals surface area contributed by atoms with Gasteiger partial charge in [-0.05, 0) is 43.7 Å². The average molecular weight is 435 g/mol. The van der Waals surface area contributed by atoms with Crippen LogP contribution < -0.4 is 5.32 Å². The first-order chi connectivity index (χ1) is 13.3. The Hall–Kier alpha value is -2.22. The van der Waals surface area contributed by atoms with Gasteiger partial charge in [-0.25, -0.2) is 13.4 Å². The third kappa shape index (κ3) is 4.79. The minimum atomic E-state index is -3.31. The molecule has 3 aromatic rings. The summed E-state index contributed by atoms with van der Waals surface area (Å²) in [4.78, 5) is 17.0. The molecule has 146 valence electrons. The van der Waals surface area contributed by atoms with Crippen molar-refractivity contribution in [3.63, 3.8) is 0 Å². The monoisotopic (exact) mass is 434 g/mol. The standard InChI is InChI=1S/C20H19ClN2O3S2/c1-13(2)28(25,26)17-9-3-14(4-10-17)11-19(24)23-20-22-18(12-27-20)15-5-7-16(21)8-6-15/h3-10,12-13H,11H2,1-2H3,(H,22,23,24). The van der Waals surface area contributed by atoms with Crippen molar-refractivity contribution in [2.75, 3.05) is 5.32 Å². The van der Waals surface area contributed by atoms with E-state index in [1.165, 1.54) is 11.3 Å². The van der Waals surface area contributed by atoms with Gasteiger partial charge in [0.05, 0.1) is 22.3 Å². The molecular formula is C20H19ClN2O3S2. The van der Waals surface area contributed by atoms with E-state index in [0.717, 1.165) is 16.8 Å². The van der Waals surface area contributed by atoms with E-state index in [9.17, 15) is 13.2 Å². The van der Waals surface area contributed by atoms with Gasteiger partial charge in [0.2, 0.25) is 5.91 Å². The quantitative estimate of drug-likeness (QED) is 0.603. The highest BCUT2D eigenvalue weighted by atomic mass is 35.5. The second-order valence-corrected chi connectivity index (χ2v) is 10.3. The number of anilines is 1. The number of carbonyl (C=O) groups excluding carboxylic acids is 1. The SMILES string of the molecule is CC(C)S(=O)(=O)c1ccc(CC(=O)Nc2nc(-c3ccc(Cl)cc3)cs2)cc1. The number of thiazole rings is 1. The Morgan fingerprint density at radius 3 is 2.36 bits per heavy atom. The number of amides is 1. The molecule has 0 atom stereocenters. The fourth-order valence-electron chi connectivity index (χ4n) is 2.50. The summed E-state index contributed by atoms with van der Waals surface area (Å²) in [6.07, 6.45) is 0.137. The Bertz CT molecular complexity index is 1070. The fourth-order valence-corrected chi connectivity index (χ4v) is 4.42. The lowest BCUT2D eigenvalue weighted by Gasteiger charge is -2.08. The molecule has 0 aliphatic heterocycles. The van der Waals surface area contributed by atoms with E-state index in [1.807, 2.05) is 17.5 Å². The van der Waals surface area contributed by atoms with Crippen LogP contribution in [0.1, 0.15) is 19.4 Å². The van der Waals surface area contributed by atoms with Gasteiger partial charge in [0, 0.05) is 16.0 Å². The van der Waals surface area contributed by atoms with Crippen molar-refractivity contribution >= 4 is 43.8 Å². The van der Waals surface area contributed by atoms with Crippen molar-refractivity contribution in [2.24, 2.45) is 0 Å². The smallest absolute Gasteiger partial charge is 0.230 e. The summed E-state index contributed by atoms with van der Waals surface area (Å²) in [6.45, 7) is 3.28. The highest BCUT2D eigenvalue weighted by Gasteiger charge is 2.19. The van der Waals surface area contributed by atoms with Gasteiger partial charge in [-0.2, -0.15) is 0 Å². The lowest BCUT2D eigenvalue weighted by atomic mass is 10.1. The van der Waals surface area contributed by atoms with Crippen molar-refractivity contribution in [3.8, 4) is 11.3 Å². The number of sulfone groups is 1. The number of nitrogens with one attached hydrogen (secondary N) is 1. The molecule has 0 aliphatic carbocycles. The summed E-state index contributed by atoms with van der Waals surface area (Å²) in [5.74, 6) is -0.212. The fraction of sp³-hybridized carbons (Fsp3) is 0.200. The number of nitrogens with zero attached hydrogens (tertiary/aromatic N) is 1. The van der Waals surface area contributed by atoms with Crippen LogP contribution in [0.5, 0.6) is 0 Å². The first-order valence-electron chi connectivity index (χ1n) is 8.60. The predicted molar refractivity (Wildman–Crippen MR) is 114 cm³/mol. The number of carbonyl (C=O) groups is 1. The van der Waals surface area contributed by atoms with E-state index in [1.54, 1.807) is 50.2 Å². The molecule has 3 rings (SSSR count). The molecule has 0 spiro atoms. The third-order valence-corrected chi connectivity index (χ3v) is 7.31. The van der Waals surface area contributed by atoms with E-state index >= 15 is 0 Å². The van der Waals surface area contributed by atoms with Gasteiger partial charge in [0.15, 0.2) is 15.0 Å². The van der Waals surface area contributed by atoms with Crippen LogP contribution in [0, 0.1) is 0 Å². The number of aromatic nitrogens is 1. The van der Waals surface area contributed by atoms with Crippen molar-refractivity contribution in [3.05, 3.63) is 64.5 Å². The molecule has 2 aromatic carbocycles. The zero-order valence-electron chi connectivity index (χ0n) is 15.3. The maximum Gasteiger partial charge on any atom is 0.230 e. The van der Waals surface area contributed by atoms with Gasteiger partial charge in [-0.1, -0.05) is 35.9 Å². The molecule has 1 heterocycles. The van der Waals surface area contributed by atoms with Gasteiger partial charge < -0.3 is 5.32 Å². The molecule has 1 amide bonds. The van der Waals surface area contributed by atoms with E-state index in [4.69, 9.17) is 11.6 Å². The van der Waals surface area contributed by atoms with Crippen molar-refractivity contribution in [1.29, 1.82) is 0 Å². The molecule has 5 nitrogen and oxygen atoms in total. The zero-order chi connectivity index (χ0) is 20.3. The predicted octanol–water partition coefficient (Wildman–Crippen LogP) is 4.83. The Morgan fingerprint density at radius 1 is 1.11 bits per heavy atom. The van der Waals surface area contributed by atoms with Crippen LogP contribution in [0.25, 0.3) is 11.3 Å². The third-order valence-electron chi connectivity index (χ3n) is 4.13. The molecule has 0 saturated carbocycles. The number of halogens is 1. The van der Waals surface area contributed by atoms with E-state index in [0.29, 0.717) is 10.2 Å². The number of hydrogen-bond acceptors (Lipinski definition) is 5. The van der Waals surface area contributed by atoms with Crippen LogP contribution in [0.2, 0.25) is 5.02 Å². The second-order valence-electron chi connectivity index (χ2n) is 6.51. The van der Waals surface area contributed by atoms with Crippen LogP contribution in [0.3, 0.4) is 0 Å². The maximum absolute atomic E-state index is 12.3. The topological polar surface area (TPSA) is 76.1 Å². The lowest BCUT2D eigenvalue weighted by Crippen LogP contribution is -2.15. The largest absolute Gasteiger partial charge is 0.302 e. The van der Waals surface area contributed by atoms with E-state index in [-0.39, 0.29) is 17.2 Å². The highest BCUT2D eigenvalue weighted by molar-refractivity contribution is 7.92. The molecular weight excluding hydrogens is 416 g/mol. The molecule has 0 unspecified atom stereocenters. The Balaban J connectivity index is 1.64. The lowest BCUT2D eigenvalue weighted by molar-refractivity contribution is -0.115. The zero-order valence-corrected chi connectivity index (χ0v) is 17.7. The summed E-state index contributed by atoms with van der Waals surface area (Å²) in [7, 11) is -3.31. The van der Waals surface area contributed by atoms with Gasteiger partial charge in [-0.3, -0.25) is 4.79 Å². The molecule has 0 aliphatic rings. The van der Waals surface area contributed by atoms with Crippen LogP contribution in [-0.2, 0) is 21.1 Å². The van der Waals surface area contributed by atoms with Crippen molar-refractivity contribution < 1.29 is 13.2 Å². The second kappa shape index (κ2) is 8.43. The van der Waals surface area contributed by atoms with Gasteiger partial charge in [-0.15, -0.1) is 11.3 Å². The number of rotatable bonds is 6. The van der Waals surface area contributed by atoms with Gasteiger partial charge in [0.1, 0.15) is 0 Å². The van der Waals surface area contributed by atoms with Gasteiger partial charge in [0.25, 0.3) is 0 Å². The van der Waals surface area contributed by atoms with Crippen molar-refractivity contribution in [1.82, 2.24) is 4.98 Å². The first kappa shape index (κ1) is 20.5. The summed E-state index contributed by atoms with van der Waals surface area (Å²) >= 11 is 7.23. The molecule has 0 radical (unpaired) electrons. The Morgan fingerprint density at radius 2 is 1.75 bits per heavy atom. The van der Waals surface area contributed by atoms with E-state index in [2.05, 4.69) is 10.3 Å². The molecule has 0 fully saturated rings. The molecule has 1 N–H and O–H groups in total. The van der Waals surface area contributed by atoms with Crippen LogP contribution in [-0.4, -0.2) is 24.6 Å². The van der Waals surface area contributed by atoms with Crippen LogP contribution >= 0.6 is 22.9 Å². The minimum absolute atomic E-state index is 0.137. The molecule has 0 bridgehead atoms. The summed E-state index contributed by atoms with van der Waals surface area (Å²) in [5.41, 5.74) is 2.41. The molecule has 0 saturated heterocycles. The summed E-state index contributed by atoms with van der Waals surface area (Å²) in [5, 5.41) is 5.32. The first-order valence-corrected chi connectivity index (χ1v) is 11.4. The summed E-state index contributed by atoms with van der Waals surface area (Å²) in [6, 6.07) is 13.7. The van der Waals surface area contributed by atoms with Gasteiger partial charge >= 0.3 is 0 Å². The Kier molecular flexibility index (Phi) is 6.17. The van der Waals surface area contributed by atoms with Crippen LogP contribution in [0.15, 0.2) is 58.8 Å². The van der Waals surface area contributed by atoms with Crippen LogP contribution in [0.4, 0.5) is 5.13 Å².